The quantitative estimate of drug-likeness (QED) is 0.836. The van der Waals surface area contributed by atoms with Crippen molar-refractivity contribution in [3.05, 3.63) is 26.6 Å². The predicted octanol–water partition coefficient (Wildman–Crippen LogP) is 1.94. The Morgan fingerprint density at radius 3 is 2.89 bits per heavy atom. The van der Waals surface area contributed by atoms with Crippen LogP contribution in [0.3, 0.4) is 0 Å². The minimum Gasteiger partial charge on any atom is -0.317 e. The van der Waals surface area contributed by atoms with Gasteiger partial charge in [0.25, 0.3) is 5.56 Å². The number of thiophene rings is 1. The first-order valence-corrected chi connectivity index (χ1v) is 7.90. The smallest absolute Gasteiger partial charge is 0.259 e. The van der Waals surface area contributed by atoms with Gasteiger partial charge in [0.05, 0.1) is 5.39 Å². The first-order valence-electron chi connectivity index (χ1n) is 7.08. The number of piperidine rings is 1. The van der Waals surface area contributed by atoms with Crippen LogP contribution in [0.2, 0.25) is 0 Å². The van der Waals surface area contributed by atoms with Crippen molar-refractivity contribution in [2.24, 2.45) is 0 Å². The number of hydrogen-bond acceptors (Lipinski definition) is 4. The second kappa shape index (κ2) is 4.42. The average molecular weight is 275 g/mol. The van der Waals surface area contributed by atoms with E-state index in [9.17, 15) is 4.79 Å². The Hall–Kier alpha value is -1.20. The lowest BCUT2D eigenvalue weighted by Gasteiger charge is -2.21. The van der Waals surface area contributed by atoms with E-state index < -0.39 is 0 Å². The lowest BCUT2D eigenvalue weighted by Crippen LogP contribution is -2.28. The van der Waals surface area contributed by atoms with Gasteiger partial charge in [0.2, 0.25) is 0 Å². The van der Waals surface area contributed by atoms with Crippen molar-refractivity contribution in [1.82, 2.24) is 15.3 Å². The lowest BCUT2D eigenvalue weighted by atomic mass is 9.97. The zero-order valence-corrected chi connectivity index (χ0v) is 11.6. The molecule has 1 aliphatic heterocycles. The van der Waals surface area contributed by atoms with Crippen LogP contribution in [0.15, 0.2) is 4.79 Å². The molecule has 0 aromatic carbocycles. The SMILES string of the molecule is O=c1[nH]c(C2CCNCC2)nc2sc3c(c12)CCC3. The zero-order valence-electron chi connectivity index (χ0n) is 10.8. The van der Waals surface area contributed by atoms with Gasteiger partial charge in [-0.15, -0.1) is 11.3 Å². The second-order valence-electron chi connectivity index (χ2n) is 5.51. The van der Waals surface area contributed by atoms with Crippen LogP contribution in [0.4, 0.5) is 0 Å². The fourth-order valence-electron chi connectivity index (χ4n) is 3.31. The summed E-state index contributed by atoms with van der Waals surface area (Å²) >= 11 is 1.73. The number of nitrogens with one attached hydrogen (secondary N) is 2. The predicted molar refractivity (Wildman–Crippen MR) is 77.1 cm³/mol. The third kappa shape index (κ3) is 1.83. The molecule has 19 heavy (non-hydrogen) atoms. The Morgan fingerprint density at radius 1 is 1.21 bits per heavy atom. The lowest BCUT2D eigenvalue weighted by molar-refractivity contribution is 0.445. The summed E-state index contributed by atoms with van der Waals surface area (Å²) in [5.41, 5.74) is 1.35. The molecule has 100 valence electrons. The fourth-order valence-corrected chi connectivity index (χ4v) is 4.58. The number of aromatic amines is 1. The third-order valence-electron chi connectivity index (χ3n) is 4.32. The largest absolute Gasteiger partial charge is 0.317 e. The standard InChI is InChI=1S/C14H17N3OS/c18-13-11-9-2-1-3-10(9)19-14(11)17-12(16-13)8-4-6-15-7-5-8/h8,15H,1-7H2,(H,16,17,18). The van der Waals surface area contributed by atoms with Gasteiger partial charge in [-0.2, -0.15) is 0 Å². The van der Waals surface area contributed by atoms with Gasteiger partial charge >= 0.3 is 0 Å². The van der Waals surface area contributed by atoms with Crippen LogP contribution in [0, 0.1) is 0 Å². The Morgan fingerprint density at radius 2 is 2.05 bits per heavy atom. The highest BCUT2D eigenvalue weighted by Crippen LogP contribution is 2.35. The van der Waals surface area contributed by atoms with E-state index in [4.69, 9.17) is 4.98 Å². The molecule has 1 fully saturated rings. The van der Waals surface area contributed by atoms with E-state index in [1.165, 1.54) is 16.9 Å². The second-order valence-corrected chi connectivity index (χ2v) is 6.60. The van der Waals surface area contributed by atoms with Crippen molar-refractivity contribution in [3.8, 4) is 0 Å². The van der Waals surface area contributed by atoms with Gasteiger partial charge in [0, 0.05) is 10.8 Å². The normalized spacial score (nSPS) is 20.0. The number of hydrogen-bond donors (Lipinski definition) is 2. The van der Waals surface area contributed by atoms with Crippen LogP contribution in [0.1, 0.15) is 41.4 Å². The van der Waals surface area contributed by atoms with Crippen molar-refractivity contribution in [2.45, 2.75) is 38.0 Å². The molecule has 2 aromatic heterocycles. The Labute approximate surface area is 115 Å². The highest BCUT2D eigenvalue weighted by atomic mass is 32.1. The molecular weight excluding hydrogens is 258 g/mol. The molecule has 2 N–H and O–H groups in total. The van der Waals surface area contributed by atoms with Crippen molar-refractivity contribution in [2.75, 3.05) is 13.1 Å². The zero-order chi connectivity index (χ0) is 12.8. The maximum absolute atomic E-state index is 12.4. The molecule has 0 radical (unpaired) electrons. The van der Waals surface area contributed by atoms with E-state index in [2.05, 4.69) is 10.3 Å². The van der Waals surface area contributed by atoms with E-state index in [1.807, 2.05) is 0 Å². The molecular formula is C14H17N3OS. The van der Waals surface area contributed by atoms with Gasteiger partial charge in [-0.05, 0) is 50.8 Å². The van der Waals surface area contributed by atoms with Gasteiger partial charge < -0.3 is 10.3 Å². The molecule has 0 bridgehead atoms. The minimum atomic E-state index is 0.0814. The van der Waals surface area contributed by atoms with Crippen molar-refractivity contribution in [1.29, 1.82) is 0 Å². The number of rotatable bonds is 1. The molecule has 1 saturated heterocycles. The van der Waals surface area contributed by atoms with Crippen LogP contribution in [0.5, 0.6) is 0 Å². The molecule has 4 nitrogen and oxygen atoms in total. The van der Waals surface area contributed by atoms with E-state index in [1.54, 1.807) is 11.3 Å². The minimum absolute atomic E-state index is 0.0814. The van der Waals surface area contributed by atoms with Gasteiger partial charge in [-0.25, -0.2) is 4.98 Å². The summed E-state index contributed by atoms with van der Waals surface area (Å²) in [6.45, 7) is 2.04. The molecule has 0 unspecified atom stereocenters. The monoisotopic (exact) mass is 275 g/mol. The maximum Gasteiger partial charge on any atom is 0.259 e. The van der Waals surface area contributed by atoms with Crippen LogP contribution < -0.4 is 10.9 Å². The summed E-state index contributed by atoms with van der Waals surface area (Å²) in [6, 6.07) is 0. The topological polar surface area (TPSA) is 57.8 Å². The van der Waals surface area contributed by atoms with Crippen molar-refractivity contribution >= 4 is 21.6 Å². The Bertz CT molecular complexity index is 682. The van der Waals surface area contributed by atoms with Crippen LogP contribution in [0.25, 0.3) is 10.2 Å². The highest BCUT2D eigenvalue weighted by Gasteiger charge is 2.23. The number of aryl methyl sites for hydroxylation is 2. The number of fused-ring (bicyclic) bond motifs is 3. The molecule has 1 aliphatic carbocycles. The van der Waals surface area contributed by atoms with Crippen molar-refractivity contribution in [3.63, 3.8) is 0 Å². The third-order valence-corrected chi connectivity index (χ3v) is 5.50. The summed E-state index contributed by atoms with van der Waals surface area (Å²) in [5.74, 6) is 1.31. The van der Waals surface area contributed by atoms with E-state index >= 15 is 0 Å². The molecule has 0 atom stereocenters. The molecule has 0 spiro atoms. The van der Waals surface area contributed by atoms with Gasteiger partial charge in [-0.3, -0.25) is 4.79 Å². The Balaban J connectivity index is 1.84. The molecule has 4 rings (SSSR count). The number of H-pyrrole nitrogens is 1. The summed E-state index contributed by atoms with van der Waals surface area (Å²) < 4.78 is 0. The van der Waals surface area contributed by atoms with Gasteiger partial charge in [-0.1, -0.05) is 0 Å². The fraction of sp³-hybridized carbons (Fsp3) is 0.571. The van der Waals surface area contributed by atoms with E-state index in [0.717, 1.165) is 54.8 Å². The molecule has 5 heteroatoms. The van der Waals surface area contributed by atoms with Gasteiger partial charge in [0.15, 0.2) is 0 Å². The number of nitrogens with zero attached hydrogens (tertiary/aromatic N) is 1. The molecule has 0 amide bonds. The first kappa shape index (κ1) is 11.6. The summed E-state index contributed by atoms with van der Waals surface area (Å²) in [4.78, 5) is 22.5. The van der Waals surface area contributed by atoms with Crippen LogP contribution in [-0.2, 0) is 12.8 Å². The summed E-state index contributed by atoms with van der Waals surface area (Å²) in [6.07, 6.45) is 5.50. The maximum atomic E-state index is 12.4. The molecule has 3 heterocycles. The average Bonchev–Trinajstić information content (AvgIpc) is 2.99. The Kier molecular flexibility index (Phi) is 2.70. The summed E-state index contributed by atoms with van der Waals surface area (Å²) in [5, 5.41) is 4.22. The van der Waals surface area contributed by atoms with Crippen LogP contribution in [-0.4, -0.2) is 23.1 Å². The first-order chi connectivity index (χ1) is 9.33. The van der Waals surface area contributed by atoms with E-state index in [0.29, 0.717) is 5.92 Å². The summed E-state index contributed by atoms with van der Waals surface area (Å²) in [7, 11) is 0. The highest BCUT2D eigenvalue weighted by molar-refractivity contribution is 7.18. The van der Waals surface area contributed by atoms with Crippen molar-refractivity contribution < 1.29 is 0 Å². The molecule has 0 saturated carbocycles. The van der Waals surface area contributed by atoms with Gasteiger partial charge in [0.1, 0.15) is 10.7 Å². The molecule has 2 aliphatic rings. The molecule has 2 aromatic rings. The van der Waals surface area contributed by atoms with E-state index in [-0.39, 0.29) is 5.56 Å². The van der Waals surface area contributed by atoms with Crippen LogP contribution >= 0.6 is 11.3 Å². The number of aromatic nitrogens is 2.